The summed E-state index contributed by atoms with van der Waals surface area (Å²) in [6, 6.07) is 14.1. The highest BCUT2D eigenvalue weighted by molar-refractivity contribution is 5.39. The van der Waals surface area contributed by atoms with Crippen molar-refractivity contribution in [1.82, 2.24) is 0 Å². The van der Waals surface area contributed by atoms with Gasteiger partial charge in [-0.05, 0) is 18.2 Å². The summed E-state index contributed by atoms with van der Waals surface area (Å²) in [5, 5.41) is 0. The summed E-state index contributed by atoms with van der Waals surface area (Å²) in [6.45, 7) is 1.12. The van der Waals surface area contributed by atoms with Crippen molar-refractivity contribution in [3.8, 4) is 11.5 Å². The van der Waals surface area contributed by atoms with E-state index in [1.54, 1.807) is 12.1 Å². The maximum atomic E-state index is 13.0. The highest BCUT2D eigenvalue weighted by atomic mass is 19.1. The number of para-hydroxylation sites is 1. The molecule has 0 N–H and O–H groups in total. The van der Waals surface area contributed by atoms with Crippen LogP contribution in [0.2, 0.25) is 0 Å². The molecule has 3 rings (SSSR count). The Morgan fingerprint density at radius 3 is 2.94 bits per heavy atom. The Labute approximate surface area is 105 Å². The Kier molecular flexibility index (Phi) is 2.89. The van der Waals surface area contributed by atoms with E-state index in [-0.39, 0.29) is 11.7 Å². The second kappa shape index (κ2) is 4.69. The largest absolute Gasteiger partial charge is 0.493 e. The average molecular weight is 244 g/mol. The van der Waals surface area contributed by atoms with Crippen LogP contribution in [-0.4, -0.2) is 13.2 Å². The Hall–Kier alpha value is -2.03. The highest BCUT2D eigenvalue weighted by Crippen LogP contribution is 2.33. The zero-order chi connectivity index (χ0) is 12.4. The van der Waals surface area contributed by atoms with Crippen LogP contribution in [0.1, 0.15) is 11.5 Å². The zero-order valence-corrected chi connectivity index (χ0v) is 9.80. The van der Waals surface area contributed by atoms with Crippen LogP contribution in [0.15, 0.2) is 48.5 Å². The second-order valence-electron chi connectivity index (χ2n) is 4.31. The van der Waals surface area contributed by atoms with Gasteiger partial charge in [-0.3, -0.25) is 0 Å². The van der Waals surface area contributed by atoms with Crippen molar-refractivity contribution in [1.29, 1.82) is 0 Å². The van der Waals surface area contributed by atoms with E-state index in [1.165, 1.54) is 12.1 Å². The molecule has 0 amide bonds. The normalized spacial score (nSPS) is 17.1. The molecule has 0 saturated carbocycles. The van der Waals surface area contributed by atoms with E-state index >= 15 is 0 Å². The van der Waals surface area contributed by atoms with Gasteiger partial charge in [-0.1, -0.05) is 24.3 Å². The van der Waals surface area contributed by atoms with Crippen molar-refractivity contribution in [3.05, 3.63) is 59.9 Å². The van der Waals surface area contributed by atoms with Crippen LogP contribution < -0.4 is 9.47 Å². The first-order valence-electron chi connectivity index (χ1n) is 5.93. The molecule has 18 heavy (non-hydrogen) atoms. The number of halogens is 1. The van der Waals surface area contributed by atoms with Crippen molar-refractivity contribution in [3.63, 3.8) is 0 Å². The molecular formula is C15H13FO2. The molecule has 1 atom stereocenters. The number of hydrogen-bond acceptors (Lipinski definition) is 2. The van der Waals surface area contributed by atoms with Crippen molar-refractivity contribution in [2.75, 3.05) is 13.2 Å². The van der Waals surface area contributed by atoms with Gasteiger partial charge in [0.2, 0.25) is 0 Å². The molecular weight excluding hydrogens is 231 g/mol. The Bertz CT molecular complexity index is 554. The van der Waals surface area contributed by atoms with Crippen LogP contribution >= 0.6 is 0 Å². The quantitative estimate of drug-likeness (QED) is 0.824. The molecule has 0 bridgehead atoms. The van der Waals surface area contributed by atoms with Gasteiger partial charge in [0.1, 0.15) is 17.3 Å². The van der Waals surface area contributed by atoms with E-state index in [1.807, 2.05) is 24.3 Å². The number of rotatable bonds is 3. The molecule has 1 aliphatic rings. The molecule has 0 aliphatic carbocycles. The van der Waals surface area contributed by atoms with E-state index in [0.717, 1.165) is 11.3 Å². The number of hydrogen-bond donors (Lipinski definition) is 0. The highest BCUT2D eigenvalue weighted by Gasteiger charge is 2.24. The zero-order valence-electron chi connectivity index (χ0n) is 9.80. The predicted molar refractivity (Wildman–Crippen MR) is 66.6 cm³/mol. The summed E-state index contributed by atoms with van der Waals surface area (Å²) in [4.78, 5) is 0. The lowest BCUT2D eigenvalue weighted by atomic mass is 10.0. The fraction of sp³-hybridized carbons (Fsp3) is 0.200. The first-order chi connectivity index (χ1) is 8.83. The Balaban J connectivity index is 1.69. The van der Waals surface area contributed by atoms with Crippen molar-refractivity contribution in [2.45, 2.75) is 5.92 Å². The monoisotopic (exact) mass is 244 g/mol. The Morgan fingerprint density at radius 1 is 1.17 bits per heavy atom. The third-order valence-electron chi connectivity index (χ3n) is 3.05. The van der Waals surface area contributed by atoms with Gasteiger partial charge in [0, 0.05) is 11.6 Å². The molecule has 0 saturated heterocycles. The smallest absolute Gasteiger partial charge is 0.126 e. The van der Waals surface area contributed by atoms with Crippen molar-refractivity contribution >= 4 is 0 Å². The van der Waals surface area contributed by atoms with Crippen LogP contribution in [0, 0.1) is 5.82 Å². The molecule has 0 fully saturated rings. The first-order valence-corrected chi connectivity index (χ1v) is 5.93. The van der Waals surface area contributed by atoms with Crippen LogP contribution in [0.25, 0.3) is 0 Å². The SMILES string of the molecule is Fc1cccc(OCC2COc3ccccc32)c1. The summed E-state index contributed by atoms with van der Waals surface area (Å²) in [5.74, 6) is 1.41. The third-order valence-corrected chi connectivity index (χ3v) is 3.05. The molecule has 0 aromatic heterocycles. The van der Waals surface area contributed by atoms with Gasteiger partial charge in [0.05, 0.1) is 19.1 Å². The van der Waals surface area contributed by atoms with Gasteiger partial charge < -0.3 is 9.47 Å². The topological polar surface area (TPSA) is 18.5 Å². The molecule has 2 aromatic rings. The molecule has 92 valence electrons. The minimum atomic E-state index is -0.282. The van der Waals surface area contributed by atoms with Gasteiger partial charge >= 0.3 is 0 Å². The molecule has 1 heterocycles. The summed E-state index contributed by atoms with van der Waals surface area (Å²) in [6.07, 6.45) is 0. The number of fused-ring (bicyclic) bond motifs is 1. The lowest BCUT2D eigenvalue weighted by Crippen LogP contribution is -2.11. The van der Waals surface area contributed by atoms with Crippen LogP contribution in [0.3, 0.4) is 0 Å². The molecule has 2 aromatic carbocycles. The molecule has 2 nitrogen and oxygen atoms in total. The third kappa shape index (κ3) is 2.16. The summed E-state index contributed by atoms with van der Waals surface area (Å²) in [5.41, 5.74) is 1.16. The second-order valence-corrected chi connectivity index (χ2v) is 4.31. The maximum absolute atomic E-state index is 13.0. The lowest BCUT2D eigenvalue weighted by molar-refractivity contribution is 0.247. The molecule has 0 radical (unpaired) electrons. The number of benzene rings is 2. The maximum Gasteiger partial charge on any atom is 0.126 e. The van der Waals surface area contributed by atoms with E-state index in [0.29, 0.717) is 19.0 Å². The summed E-state index contributed by atoms with van der Waals surface area (Å²) < 4.78 is 24.2. The summed E-state index contributed by atoms with van der Waals surface area (Å²) in [7, 11) is 0. The van der Waals surface area contributed by atoms with Gasteiger partial charge in [-0.15, -0.1) is 0 Å². The van der Waals surface area contributed by atoms with Gasteiger partial charge in [0.15, 0.2) is 0 Å². The van der Waals surface area contributed by atoms with E-state index in [4.69, 9.17) is 9.47 Å². The van der Waals surface area contributed by atoms with Crippen molar-refractivity contribution in [2.24, 2.45) is 0 Å². The fourth-order valence-electron chi connectivity index (χ4n) is 2.12. The lowest BCUT2D eigenvalue weighted by Gasteiger charge is -2.11. The van der Waals surface area contributed by atoms with Crippen molar-refractivity contribution < 1.29 is 13.9 Å². The number of ether oxygens (including phenoxy) is 2. The minimum Gasteiger partial charge on any atom is -0.493 e. The first kappa shape index (κ1) is 11.1. The molecule has 1 unspecified atom stereocenters. The standard InChI is InChI=1S/C15H13FO2/c16-12-4-3-5-13(8-12)17-9-11-10-18-15-7-2-1-6-14(11)15/h1-8,11H,9-10H2. The Morgan fingerprint density at radius 2 is 2.06 bits per heavy atom. The van der Waals surface area contributed by atoms with Crippen LogP contribution in [0.5, 0.6) is 11.5 Å². The molecule has 3 heteroatoms. The fourth-order valence-corrected chi connectivity index (χ4v) is 2.12. The summed E-state index contributed by atoms with van der Waals surface area (Å²) >= 11 is 0. The van der Waals surface area contributed by atoms with Gasteiger partial charge in [0.25, 0.3) is 0 Å². The average Bonchev–Trinajstić information content (AvgIpc) is 2.80. The predicted octanol–water partition coefficient (Wildman–Crippen LogP) is 3.38. The van der Waals surface area contributed by atoms with Gasteiger partial charge in [-0.2, -0.15) is 0 Å². The molecule has 1 aliphatic heterocycles. The van der Waals surface area contributed by atoms with E-state index < -0.39 is 0 Å². The molecule has 0 spiro atoms. The van der Waals surface area contributed by atoms with Crippen LogP contribution in [-0.2, 0) is 0 Å². The minimum absolute atomic E-state index is 0.212. The van der Waals surface area contributed by atoms with Crippen LogP contribution in [0.4, 0.5) is 4.39 Å². The van der Waals surface area contributed by atoms with E-state index in [2.05, 4.69) is 0 Å². The van der Waals surface area contributed by atoms with Gasteiger partial charge in [-0.25, -0.2) is 4.39 Å². The van der Waals surface area contributed by atoms with E-state index in [9.17, 15) is 4.39 Å².